The molecule has 0 saturated carbocycles. The maximum atomic E-state index is 12.4. The molecule has 1 N–H and O–H groups in total. The quantitative estimate of drug-likeness (QED) is 0.854. The minimum Gasteiger partial charge on any atom is -0.324 e. The van der Waals surface area contributed by atoms with Crippen LogP contribution in [0.15, 0.2) is 53.0 Å². The fourth-order valence-corrected chi connectivity index (χ4v) is 3.27. The van der Waals surface area contributed by atoms with Gasteiger partial charge in [0.25, 0.3) is 0 Å². The molecule has 3 rings (SSSR count). The van der Waals surface area contributed by atoms with E-state index in [0.717, 1.165) is 10.2 Å². The molecular weight excluding hydrogens is 380 g/mol. The number of hydrogen-bond donors (Lipinski definition) is 1. The van der Waals surface area contributed by atoms with E-state index in [4.69, 9.17) is 11.6 Å². The summed E-state index contributed by atoms with van der Waals surface area (Å²) in [6.45, 7) is 0.359. The van der Waals surface area contributed by atoms with Crippen LogP contribution in [-0.4, -0.2) is 18.4 Å². The highest BCUT2D eigenvalue weighted by Crippen LogP contribution is 2.32. The van der Waals surface area contributed by atoms with Gasteiger partial charge in [-0.3, -0.25) is 9.59 Å². The predicted molar refractivity (Wildman–Crippen MR) is 94.7 cm³/mol. The molecule has 2 amide bonds. The standard InChI is InChI=1S/C17H14BrClN2O2/c18-12-5-1-4-8-15(12)21-10-11(9-16(21)22)17(23)20-14-7-3-2-6-13(14)19/h1-8,11H,9-10H2,(H,20,23)/t11-/m0/s1. The first-order valence-electron chi connectivity index (χ1n) is 7.16. The van der Waals surface area contributed by atoms with Crippen molar-refractivity contribution in [2.24, 2.45) is 5.92 Å². The van der Waals surface area contributed by atoms with Crippen molar-refractivity contribution in [3.8, 4) is 0 Å². The lowest BCUT2D eigenvalue weighted by Gasteiger charge is -2.18. The Balaban J connectivity index is 1.74. The number of carbonyl (C=O) groups is 2. The molecule has 118 valence electrons. The molecule has 0 bridgehead atoms. The molecule has 2 aromatic rings. The number of hydrogen-bond acceptors (Lipinski definition) is 2. The molecule has 6 heteroatoms. The van der Waals surface area contributed by atoms with E-state index >= 15 is 0 Å². The largest absolute Gasteiger partial charge is 0.324 e. The van der Waals surface area contributed by atoms with Gasteiger partial charge in [0, 0.05) is 17.4 Å². The maximum absolute atomic E-state index is 12.4. The van der Waals surface area contributed by atoms with Gasteiger partial charge >= 0.3 is 0 Å². The number of amides is 2. The van der Waals surface area contributed by atoms with Crippen molar-refractivity contribution in [1.29, 1.82) is 0 Å². The number of nitrogens with zero attached hydrogens (tertiary/aromatic N) is 1. The van der Waals surface area contributed by atoms with Gasteiger partial charge in [-0.25, -0.2) is 0 Å². The van der Waals surface area contributed by atoms with Crippen LogP contribution in [0, 0.1) is 5.92 Å². The van der Waals surface area contributed by atoms with Gasteiger partial charge < -0.3 is 10.2 Å². The van der Waals surface area contributed by atoms with Gasteiger partial charge in [0.1, 0.15) is 0 Å². The summed E-state index contributed by atoms with van der Waals surface area (Å²) in [5.74, 6) is -0.650. The number of halogens is 2. The fraction of sp³-hybridized carbons (Fsp3) is 0.176. The van der Waals surface area contributed by atoms with Crippen LogP contribution in [-0.2, 0) is 9.59 Å². The SMILES string of the molecule is O=C(Nc1ccccc1Cl)[C@H]1CC(=O)N(c2ccccc2Br)C1. The minimum atomic E-state index is -0.397. The van der Waals surface area contributed by atoms with Crippen molar-refractivity contribution in [3.63, 3.8) is 0 Å². The van der Waals surface area contributed by atoms with Gasteiger partial charge in [0.05, 0.1) is 22.3 Å². The second-order valence-electron chi connectivity index (χ2n) is 5.33. The Bertz CT molecular complexity index is 766. The van der Waals surface area contributed by atoms with E-state index in [0.29, 0.717) is 17.3 Å². The highest BCUT2D eigenvalue weighted by Gasteiger charge is 2.35. The number of anilines is 2. The Kier molecular flexibility index (Phi) is 4.68. The molecule has 0 unspecified atom stereocenters. The zero-order valence-corrected chi connectivity index (χ0v) is 14.5. The van der Waals surface area contributed by atoms with E-state index in [2.05, 4.69) is 21.2 Å². The van der Waals surface area contributed by atoms with Crippen molar-refractivity contribution in [2.75, 3.05) is 16.8 Å². The number of nitrogens with one attached hydrogen (secondary N) is 1. The van der Waals surface area contributed by atoms with Gasteiger partial charge in [0.2, 0.25) is 11.8 Å². The van der Waals surface area contributed by atoms with Gasteiger partial charge in [-0.2, -0.15) is 0 Å². The molecular formula is C17H14BrClN2O2. The fourth-order valence-electron chi connectivity index (χ4n) is 2.58. The lowest BCUT2D eigenvalue weighted by Crippen LogP contribution is -2.28. The van der Waals surface area contributed by atoms with Crippen LogP contribution < -0.4 is 10.2 Å². The lowest BCUT2D eigenvalue weighted by atomic mass is 10.1. The first-order chi connectivity index (χ1) is 11.1. The van der Waals surface area contributed by atoms with Crippen molar-refractivity contribution in [3.05, 3.63) is 58.0 Å². The first-order valence-corrected chi connectivity index (χ1v) is 8.33. The van der Waals surface area contributed by atoms with E-state index in [1.807, 2.05) is 24.3 Å². The molecule has 1 saturated heterocycles. The first kappa shape index (κ1) is 16.0. The Labute approximate surface area is 147 Å². The second-order valence-corrected chi connectivity index (χ2v) is 6.59. The Hall–Kier alpha value is -1.85. The molecule has 23 heavy (non-hydrogen) atoms. The summed E-state index contributed by atoms with van der Waals surface area (Å²) >= 11 is 9.49. The predicted octanol–water partition coefficient (Wildman–Crippen LogP) is 4.09. The molecule has 1 fully saturated rings. The highest BCUT2D eigenvalue weighted by molar-refractivity contribution is 9.10. The summed E-state index contributed by atoms with van der Waals surface area (Å²) in [6, 6.07) is 14.5. The second kappa shape index (κ2) is 6.72. The topological polar surface area (TPSA) is 49.4 Å². The number of benzene rings is 2. The lowest BCUT2D eigenvalue weighted by molar-refractivity contribution is -0.122. The summed E-state index contributed by atoms with van der Waals surface area (Å²) < 4.78 is 0.834. The molecule has 4 nitrogen and oxygen atoms in total. The summed E-state index contributed by atoms with van der Waals surface area (Å²) in [4.78, 5) is 26.3. The molecule has 2 aromatic carbocycles. The average molecular weight is 394 g/mol. The molecule has 1 atom stereocenters. The molecule has 1 heterocycles. The summed E-state index contributed by atoms with van der Waals surface area (Å²) in [5, 5.41) is 3.28. The molecule has 0 aromatic heterocycles. The molecule has 0 spiro atoms. The van der Waals surface area contributed by atoms with Crippen LogP contribution in [0.1, 0.15) is 6.42 Å². The minimum absolute atomic E-state index is 0.0591. The summed E-state index contributed by atoms with van der Waals surface area (Å²) in [6.07, 6.45) is 0.192. The summed E-state index contributed by atoms with van der Waals surface area (Å²) in [5.41, 5.74) is 1.34. The number of rotatable bonds is 3. The van der Waals surface area contributed by atoms with Crippen molar-refractivity contribution < 1.29 is 9.59 Å². The van der Waals surface area contributed by atoms with E-state index in [9.17, 15) is 9.59 Å². The van der Waals surface area contributed by atoms with Gasteiger partial charge in [0.15, 0.2) is 0 Å². The molecule has 1 aliphatic heterocycles. The highest BCUT2D eigenvalue weighted by atomic mass is 79.9. The Morgan fingerprint density at radius 2 is 1.87 bits per heavy atom. The third kappa shape index (κ3) is 3.41. The molecule has 0 aliphatic carbocycles. The van der Waals surface area contributed by atoms with Crippen molar-refractivity contribution in [1.82, 2.24) is 0 Å². The van der Waals surface area contributed by atoms with Crippen LogP contribution in [0.5, 0.6) is 0 Å². The van der Waals surface area contributed by atoms with E-state index in [1.165, 1.54) is 0 Å². The average Bonchev–Trinajstić information content (AvgIpc) is 2.92. The Morgan fingerprint density at radius 1 is 1.17 bits per heavy atom. The Morgan fingerprint density at radius 3 is 2.61 bits per heavy atom. The molecule has 1 aliphatic rings. The van der Waals surface area contributed by atoms with E-state index in [1.54, 1.807) is 29.2 Å². The maximum Gasteiger partial charge on any atom is 0.229 e. The van der Waals surface area contributed by atoms with E-state index in [-0.39, 0.29) is 18.2 Å². The van der Waals surface area contributed by atoms with Crippen LogP contribution in [0.2, 0.25) is 5.02 Å². The van der Waals surface area contributed by atoms with Crippen LogP contribution in [0.4, 0.5) is 11.4 Å². The zero-order valence-electron chi connectivity index (χ0n) is 12.1. The van der Waals surface area contributed by atoms with Gasteiger partial charge in [-0.1, -0.05) is 35.9 Å². The van der Waals surface area contributed by atoms with Crippen LogP contribution >= 0.6 is 27.5 Å². The zero-order chi connectivity index (χ0) is 16.4. The number of carbonyl (C=O) groups excluding carboxylic acids is 2. The summed E-state index contributed by atoms with van der Waals surface area (Å²) in [7, 11) is 0. The smallest absolute Gasteiger partial charge is 0.229 e. The van der Waals surface area contributed by atoms with Gasteiger partial charge in [-0.05, 0) is 40.2 Å². The van der Waals surface area contributed by atoms with Gasteiger partial charge in [-0.15, -0.1) is 0 Å². The third-order valence-corrected chi connectivity index (χ3v) is 4.77. The third-order valence-electron chi connectivity index (χ3n) is 3.77. The number of para-hydroxylation sites is 2. The van der Waals surface area contributed by atoms with Crippen molar-refractivity contribution in [2.45, 2.75) is 6.42 Å². The van der Waals surface area contributed by atoms with Crippen molar-refractivity contribution >= 4 is 50.7 Å². The normalized spacial score (nSPS) is 17.4. The molecule has 0 radical (unpaired) electrons. The van der Waals surface area contributed by atoms with E-state index < -0.39 is 5.92 Å². The van der Waals surface area contributed by atoms with Crippen LogP contribution in [0.3, 0.4) is 0 Å². The monoisotopic (exact) mass is 392 g/mol. The van der Waals surface area contributed by atoms with Crippen LogP contribution in [0.25, 0.3) is 0 Å².